The predicted molar refractivity (Wildman–Crippen MR) is 88.4 cm³/mol. The summed E-state index contributed by atoms with van der Waals surface area (Å²) in [6.45, 7) is -1.64. The third-order valence-corrected chi connectivity index (χ3v) is 5.04. The number of alkyl halides is 3. The van der Waals surface area contributed by atoms with Crippen LogP contribution in [0.3, 0.4) is 0 Å². The van der Waals surface area contributed by atoms with Crippen LogP contribution in [0.1, 0.15) is 18.4 Å². The van der Waals surface area contributed by atoms with E-state index < -0.39 is 36.7 Å². The first-order valence-corrected chi connectivity index (χ1v) is 8.37. The van der Waals surface area contributed by atoms with Crippen LogP contribution in [-0.2, 0) is 15.0 Å². The summed E-state index contributed by atoms with van der Waals surface area (Å²) in [5.74, 6) is -1.29. The Morgan fingerprint density at radius 1 is 1.19 bits per heavy atom. The Morgan fingerprint density at radius 3 is 2.41 bits per heavy atom. The molecule has 10 heteroatoms. The molecule has 0 atom stereocenters. The van der Waals surface area contributed by atoms with Crippen LogP contribution in [0.15, 0.2) is 24.3 Å². The molecule has 0 aromatic heterocycles. The monoisotopic (exact) mass is 385 g/mol. The van der Waals surface area contributed by atoms with Crippen LogP contribution >= 0.6 is 0 Å². The van der Waals surface area contributed by atoms with E-state index in [9.17, 15) is 27.6 Å². The molecule has 2 N–H and O–H groups in total. The van der Waals surface area contributed by atoms with Crippen molar-refractivity contribution in [1.82, 2.24) is 10.2 Å². The van der Waals surface area contributed by atoms with E-state index >= 15 is 0 Å². The van der Waals surface area contributed by atoms with Crippen LogP contribution in [0.5, 0.6) is 0 Å². The van der Waals surface area contributed by atoms with Crippen LogP contribution in [0, 0.1) is 0 Å². The van der Waals surface area contributed by atoms with Gasteiger partial charge in [-0.05, 0) is 24.5 Å². The predicted octanol–water partition coefficient (Wildman–Crippen LogP) is 1.72. The highest BCUT2D eigenvalue weighted by atomic mass is 19.4. The average Bonchev–Trinajstić information content (AvgIpc) is 2.83. The fraction of sp³-hybridized carbons (Fsp3) is 0.471. The molecule has 3 rings (SSSR count). The number of hydrogen-bond donors (Lipinski definition) is 2. The summed E-state index contributed by atoms with van der Waals surface area (Å²) in [7, 11) is 0. The number of halogens is 3. The number of likely N-dealkylation sites (tertiary alicyclic amines) is 1. The molecule has 2 aliphatic heterocycles. The lowest BCUT2D eigenvalue weighted by Crippen LogP contribution is -2.51. The number of fused-ring (bicyclic) bond motifs is 2. The maximum absolute atomic E-state index is 13.1. The lowest BCUT2D eigenvalue weighted by molar-refractivity contribution is -0.138. The van der Waals surface area contributed by atoms with Gasteiger partial charge in [0.05, 0.1) is 5.41 Å². The van der Waals surface area contributed by atoms with Crippen LogP contribution in [0.4, 0.5) is 23.7 Å². The minimum Gasteiger partial charge on any atom is -0.465 e. The highest BCUT2D eigenvalue weighted by molar-refractivity contribution is 6.10. The van der Waals surface area contributed by atoms with E-state index in [4.69, 9.17) is 5.11 Å². The molecule has 0 bridgehead atoms. The molecule has 2 aliphatic rings. The number of carbonyl (C=O) groups excluding carboxylic acids is 2. The van der Waals surface area contributed by atoms with Gasteiger partial charge in [-0.1, -0.05) is 18.2 Å². The number of para-hydroxylation sites is 1. The van der Waals surface area contributed by atoms with Crippen molar-refractivity contribution in [2.24, 2.45) is 0 Å². The van der Waals surface area contributed by atoms with Crippen molar-refractivity contribution in [2.75, 3.05) is 31.1 Å². The van der Waals surface area contributed by atoms with E-state index in [-0.39, 0.29) is 31.8 Å². The summed E-state index contributed by atoms with van der Waals surface area (Å²) in [4.78, 5) is 38.6. The van der Waals surface area contributed by atoms with E-state index in [1.54, 1.807) is 29.6 Å². The van der Waals surface area contributed by atoms with Gasteiger partial charge in [-0.3, -0.25) is 9.59 Å². The fourth-order valence-corrected chi connectivity index (χ4v) is 3.71. The first kappa shape index (κ1) is 19.0. The zero-order chi connectivity index (χ0) is 19.8. The molecule has 3 amide bonds. The topological polar surface area (TPSA) is 90.0 Å². The summed E-state index contributed by atoms with van der Waals surface area (Å²) in [5.41, 5.74) is 0.212. The molecule has 1 spiro atoms. The Kier molecular flexibility index (Phi) is 4.75. The lowest BCUT2D eigenvalue weighted by atomic mass is 9.74. The lowest BCUT2D eigenvalue weighted by Gasteiger charge is -2.37. The SMILES string of the molecule is O=C(CN1C(=O)C2(CCN(C(=O)O)CC2)c2ccccc21)NCC(F)(F)F. The molecule has 1 aromatic rings. The standard InChI is InChI=1S/C17H18F3N3O4/c18-17(19,20)10-21-13(24)9-23-12-4-2-1-3-11(12)16(14(23)25)5-7-22(8-6-16)15(26)27/h1-4H,5-10H2,(H,21,24)(H,26,27). The minimum absolute atomic E-state index is 0.170. The third-order valence-electron chi connectivity index (χ3n) is 5.04. The van der Waals surface area contributed by atoms with Gasteiger partial charge >= 0.3 is 12.3 Å². The van der Waals surface area contributed by atoms with Gasteiger partial charge in [-0.25, -0.2) is 4.79 Å². The molecular formula is C17H18F3N3O4. The second-order valence-corrected chi connectivity index (χ2v) is 6.65. The molecule has 1 saturated heterocycles. The third kappa shape index (κ3) is 3.56. The smallest absolute Gasteiger partial charge is 0.407 e. The first-order chi connectivity index (χ1) is 12.6. The minimum atomic E-state index is -4.53. The maximum Gasteiger partial charge on any atom is 0.407 e. The number of anilines is 1. The Balaban J connectivity index is 1.81. The van der Waals surface area contributed by atoms with Crippen molar-refractivity contribution in [2.45, 2.75) is 24.4 Å². The summed E-state index contributed by atoms with van der Waals surface area (Å²) in [6.07, 6.45) is -5.08. The number of amides is 3. The van der Waals surface area contributed by atoms with Crippen LogP contribution < -0.4 is 10.2 Å². The Bertz CT molecular complexity index is 773. The van der Waals surface area contributed by atoms with E-state index in [0.717, 1.165) is 0 Å². The number of hydrogen-bond acceptors (Lipinski definition) is 3. The highest BCUT2D eigenvalue weighted by Gasteiger charge is 2.52. The van der Waals surface area contributed by atoms with Crippen molar-refractivity contribution in [3.05, 3.63) is 29.8 Å². The fourth-order valence-electron chi connectivity index (χ4n) is 3.71. The molecule has 0 radical (unpaired) electrons. The van der Waals surface area contributed by atoms with Crippen molar-refractivity contribution in [3.8, 4) is 0 Å². The van der Waals surface area contributed by atoms with Gasteiger partial charge in [0.15, 0.2) is 0 Å². The zero-order valence-corrected chi connectivity index (χ0v) is 14.3. The second kappa shape index (κ2) is 6.75. The van der Waals surface area contributed by atoms with Crippen molar-refractivity contribution in [1.29, 1.82) is 0 Å². The van der Waals surface area contributed by atoms with Gasteiger partial charge in [-0.2, -0.15) is 13.2 Å². The number of rotatable bonds is 3. The molecule has 0 saturated carbocycles. The number of carbonyl (C=O) groups is 3. The van der Waals surface area contributed by atoms with Crippen molar-refractivity contribution in [3.63, 3.8) is 0 Å². The number of nitrogens with one attached hydrogen (secondary N) is 1. The van der Waals surface area contributed by atoms with Crippen LogP contribution in [0.25, 0.3) is 0 Å². The van der Waals surface area contributed by atoms with E-state index in [2.05, 4.69) is 0 Å². The molecule has 2 heterocycles. The van der Waals surface area contributed by atoms with Gasteiger partial charge in [0.25, 0.3) is 0 Å². The van der Waals surface area contributed by atoms with E-state index in [1.165, 1.54) is 9.80 Å². The van der Waals surface area contributed by atoms with Gasteiger partial charge in [-0.15, -0.1) is 0 Å². The molecule has 0 aliphatic carbocycles. The number of benzene rings is 1. The summed E-state index contributed by atoms with van der Waals surface area (Å²) in [5, 5.41) is 10.9. The largest absolute Gasteiger partial charge is 0.465 e. The van der Waals surface area contributed by atoms with Crippen molar-refractivity contribution >= 4 is 23.6 Å². The van der Waals surface area contributed by atoms with Gasteiger partial charge < -0.3 is 20.2 Å². The first-order valence-electron chi connectivity index (χ1n) is 8.37. The number of carboxylic acid groups (broad SMARTS) is 1. The Morgan fingerprint density at radius 2 is 1.81 bits per heavy atom. The van der Waals surface area contributed by atoms with Crippen molar-refractivity contribution < 1.29 is 32.7 Å². The van der Waals surface area contributed by atoms with E-state index in [0.29, 0.717) is 11.3 Å². The van der Waals surface area contributed by atoms with Crippen LogP contribution in [0.2, 0.25) is 0 Å². The van der Waals surface area contributed by atoms with E-state index in [1.807, 2.05) is 0 Å². The molecular weight excluding hydrogens is 367 g/mol. The average molecular weight is 385 g/mol. The van der Waals surface area contributed by atoms with Crippen LogP contribution in [-0.4, -0.2) is 60.3 Å². The molecule has 146 valence electrons. The molecule has 1 aromatic carbocycles. The zero-order valence-electron chi connectivity index (χ0n) is 14.3. The molecule has 1 fully saturated rings. The Hall–Kier alpha value is -2.78. The summed E-state index contributed by atoms with van der Waals surface area (Å²) in [6, 6.07) is 6.81. The van der Waals surface area contributed by atoms with Gasteiger partial charge in [0.2, 0.25) is 11.8 Å². The maximum atomic E-state index is 13.1. The van der Waals surface area contributed by atoms with Gasteiger partial charge in [0, 0.05) is 18.8 Å². The normalized spacial score (nSPS) is 18.6. The molecule has 7 nitrogen and oxygen atoms in total. The highest BCUT2D eigenvalue weighted by Crippen LogP contribution is 2.47. The molecule has 0 unspecified atom stereocenters. The number of piperidine rings is 1. The second-order valence-electron chi connectivity index (χ2n) is 6.65. The van der Waals surface area contributed by atoms with Gasteiger partial charge in [0.1, 0.15) is 13.1 Å². The summed E-state index contributed by atoms with van der Waals surface area (Å²) >= 11 is 0. The Labute approximate surface area is 152 Å². The quantitative estimate of drug-likeness (QED) is 0.829. The number of nitrogens with zero attached hydrogens (tertiary/aromatic N) is 2. The summed E-state index contributed by atoms with van der Waals surface area (Å²) < 4.78 is 36.9. The molecule has 27 heavy (non-hydrogen) atoms.